The molecule has 3 heteroatoms. The molecule has 106 valence electrons. The van der Waals surface area contributed by atoms with Crippen molar-refractivity contribution in [3.63, 3.8) is 0 Å². The molecule has 3 nitrogen and oxygen atoms in total. The van der Waals surface area contributed by atoms with Gasteiger partial charge in [-0.1, -0.05) is 13.3 Å². The van der Waals surface area contributed by atoms with Crippen molar-refractivity contribution in [1.29, 1.82) is 0 Å². The molecule has 0 saturated heterocycles. The van der Waals surface area contributed by atoms with Crippen LogP contribution >= 0.6 is 0 Å². The Morgan fingerprint density at radius 2 is 2.17 bits per heavy atom. The highest BCUT2D eigenvalue weighted by molar-refractivity contribution is 4.98. The van der Waals surface area contributed by atoms with Gasteiger partial charge in [0.05, 0.1) is 6.61 Å². The fraction of sp³-hybridized carbons (Fsp3) is 1.00. The highest BCUT2D eigenvalue weighted by atomic mass is 16.3. The Morgan fingerprint density at radius 3 is 2.72 bits per heavy atom. The highest BCUT2D eigenvalue weighted by Crippen LogP contribution is 2.39. The first-order chi connectivity index (χ1) is 8.61. The molecule has 0 aromatic rings. The summed E-state index contributed by atoms with van der Waals surface area (Å²) in [7, 11) is 4.25. The first kappa shape index (κ1) is 14.3. The fourth-order valence-electron chi connectivity index (χ4n) is 3.70. The molecule has 2 rings (SSSR count). The molecule has 2 aliphatic rings. The maximum atomic E-state index is 9.67. The standard InChI is InChI=1S/C15H30N2O/c1-12-9-13(12)10-17(3)8-6-14-5-4-7-15(14,11-18)16-2/h12-14,16,18H,4-11H2,1-3H3. The molecular formula is C15H30N2O. The molecule has 0 radical (unpaired) electrons. The molecular weight excluding hydrogens is 224 g/mol. The first-order valence-electron chi connectivity index (χ1n) is 7.59. The Bertz CT molecular complexity index is 265. The van der Waals surface area contributed by atoms with Gasteiger partial charge in [0.2, 0.25) is 0 Å². The van der Waals surface area contributed by atoms with Crippen LogP contribution in [0.25, 0.3) is 0 Å². The number of nitrogens with one attached hydrogen (secondary N) is 1. The Kier molecular flexibility index (Phi) is 4.68. The summed E-state index contributed by atoms with van der Waals surface area (Å²) < 4.78 is 0. The lowest BCUT2D eigenvalue weighted by molar-refractivity contribution is 0.120. The minimum Gasteiger partial charge on any atom is -0.394 e. The largest absolute Gasteiger partial charge is 0.394 e. The molecule has 0 heterocycles. The molecule has 0 bridgehead atoms. The van der Waals surface area contributed by atoms with Crippen LogP contribution in [-0.4, -0.2) is 49.3 Å². The van der Waals surface area contributed by atoms with Gasteiger partial charge in [0.25, 0.3) is 0 Å². The summed E-state index contributed by atoms with van der Waals surface area (Å²) in [6.07, 6.45) is 6.31. The van der Waals surface area contributed by atoms with E-state index in [1.165, 1.54) is 38.8 Å². The van der Waals surface area contributed by atoms with Crippen molar-refractivity contribution in [2.45, 2.75) is 44.6 Å². The van der Waals surface area contributed by atoms with Crippen molar-refractivity contribution >= 4 is 0 Å². The Hall–Kier alpha value is -0.120. The van der Waals surface area contributed by atoms with Crippen LogP contribution in [0.15, 0.2) is 0 Å². The predicted molar refractivity (Wildman–Crippen MR) is 75.6 cm³/mol. The lowest BCUT2D eigenvalue weighted by atomic mass is 9.85. The van der Waals surface area contributed by atoms with Gasteiger partial charge in [0, 0.05) is 12.1 Å². The molecule has 0 aromatic heterocycles. The van der Waals surface area contributed by atoms with Gasteiger partial charge in [0.1, 0.15) is 0 Å². The van der Waals surface area contributed by atoms with Crippen LogP contribution in [0.3, 0.4) is 0 Å². The second-order valence-corrected chi connectivity index (χ2v) is 6.68. The molecule has 2 N–H and O–H groups in total. The van der Waals surface area contributed by atoms with Gasteiger partial charge >= 0.3 is 0 Å². The van der Waals surface area contributed by atoms with Crippen LogP contribution in [0.2, 0.25) is 0 Å². The number of nitrogens with zero attached hydrogens (tertiary/aromatic N) is 1. The second-order valence-electron chi connectivity index (χ2n) is 6.68. The molecule has 0 amide bonds. The van der Waals surface area contributed by atoms with Gasteiger partial charge < -0.3 is 15.3 Å². The maximum absolute atomic E-state index is 9.67. The molecule has 2 fully saturated rings. The van der Waals surface area contributed by atoms with Crippen molar-refractivity contribution < 1.29 is 5.11 Å². The van der Waals surface area contributed by atoms with Gasteiger partial charge in [-0.05, 0) is 64.1 Å². The minimum absolute atomic E-state index is 0.00765. The van der Waals surface area contributed by atoms with Crippen molar-refractivity contribution in [3.05, 3.63) is 0 Å². The van der Waals surface area contributed by atoms with E-state index in [1.54, 1.807) is 0 Å². The summed E-state index contributed by atoms with van der Waals surface area (Å²) in [4.78, 5) is 2.49. The van der Waals surface area contributed by atoms with Crippen molar-refractivity contribution in [1.82, 2.24) is 10.2 Å². The number of hydrogen-bond donors (Lipinski definition) is 2. The van der Waals surface area contributed by atoms with Crippen LogP contribution in [-0.2, 0) is 0 Å². The predicted octanol–water partition coefficient (Wildman–Crippen LogP) is 1.71. The van der Waals surface area contributed by atoms with E-state index in [0.29, 0.717) is 5.92 Å². The summed E-state index contributed by atoms with van der Waals surface area (Å²) in [6, 6.07) is 0. The topological polar surface area (TPSA) is 35.5 Å². The summed E-state index contributed by atoms with van der Waals surface area (Å²) in [5.41, 5.74) is 0.00765. The molecule has 0 aromatic carbocycles. The normalized spacial score (nSPS) is 39.5. The number of rotatable bonds is 7. The van der Waals surface area contributed by atoms with Crippen molar-refractivity contribution in [2.75, 3.05) is 33.8 Å². The summed E-state index contributed by atoms with van der Waals surface area (Å²) in [6.45, 7) is 5.09. The van der Waals surface area contributed by atoms with E-state index in [2.05, 4.69) is 24.2 Å². The quantitative estimate of drug-likeness (QED) is 0.726. The molecule has 18 heavy (non-hydrogen) atoms. The lowest BCUT2D eigenvalue weighted by Crippen LogP contribution is -2.50. The zero-order valence-electron chi connectivity index (χ0n) is 12.3. The van der Waals surface area contributed by atoms with Gasteiger partial charge in [-0.2, -0.15) is 0 Å². The van der Waals surface area contributed by atoms with Gasteiger partial charge in [-0.3, -0.25) is 0 Å². The average Bonchev–Trinajstić information content (AvgIpc) is 2.92. The van der Waals surface area contributed by atoms with Crippen LogP contribution in [0, 0.1) is 17.8 Å². The zero-order chi connectivity index (χ0) is 13.2. The summed E-state index contributed by atoms with van der Waals surface area (Å²) in [5.74, 6) is 2.55. The summed E-state index contributed by atoms with van der Waals surface area (Å²) in [5, 5.41) is 13.1. The van der Waals surface area contributed by atoms with E-state index in [-0.39, 0.29) is 12.1 Å². The highest BCUT2D eigenvalue weighted by Gasteiger charge is 2.41. The number of hydrogen-bond acceptors (Lipinski definition) is 3. The van der Waals surface area contributed by atoms with Crippen LogP contribution in [0.1, 0.15) is 39.0 Å². The first-order valence-corrected chi connectivity index (χ1v) is 7.59. The summed E-state index contributed by atoms with van der Waals surface area (Å²) >= 11 is 0. The van der Waals surface area contributed by atoms with Gasteiger partial charge in [-0.15, -0.1) is 0 Å². The van der Waals surface area contributed by atoms with Crippen LogP contribution in [0.4, 0.5) is 0 Å². The third-order valence-electron chi connectivity index (χ3n) is 5.42. The number of likely N-dealkylation sites (N-methyl/N-ethyl adjacent to an activating group) is 1. The van der Waals surface area contributed by atoms with E-state index >= 15 is 0 Å². The maximum Gasteiger partial charge on any atom is 0.0615 e. The van der Waals surface area contributed by atoms with Crippen LogP contribution in [0.5, 0.6) is 0 Å². The molecule has 0 aliphatic heterocycles. The molecule has 4 atom stereocenters. The van der Waals surface area contributed by atoms with Crippen LogP contribution < -0.4 is 5.32 Å². The number of aliphatic hydroxyl groups excluding tert-OH is 1. The third-order valence-corrected chi connectivity index (χ3v) is 5.42. The van der Waals surface area contributed by atoms with E-state index in [0.717, 1.165) is 18.3 Å². The smallest absolute Gasteiger partial charge is 0.0615 e. The van der Waals surface area contributed by atoms with E-state index in [4.69, 9.17) is 0 Å². The fourth-order valence-corrected chi connectivity index (χ4v) is 3.70. The molecule has 2 saturated carbocycles. The monoisotopic (exact) mass is 254 g/mol. The molecule has 4 unspecified atom stereocenters. The third kappa shape index (κ3) is 3.06. The SMILES string of the molecule is CNC1(CO)CCCC1CCN(C)CC1CC1C. The van der Waals surface area contributed by atoms with Crippen molar-refractivity contribution in [2.24, 2.45) is 17.8 Å². The lowest BCUT2D eigenvalue weighted by Gasteiger charge is -2.34. The Labute approximate surface area is 112 Å². The molecule has 0 spiro atoms. The Morgan fingerprint density at radius 1 is 1.44 bits per heavy atom. The van der Waals surface area contributed by atoms with E-state index < -0.39 is 0 Å². The van der Waals surface area contributed by atoms with Crippen molar-refractivity contribution in [3.8, 4) is 0 Å². The van der Waals surface area contributed by atoms with E-state index in [9.17, 15) is 5.11 Å². The van der Waals surface area contributed by atoms with Gasteiger partial charge in [-0.25, -0.2) is 0 Å². The minimum atomic E-state index is 0.00765. The van der Waals surface area contributed by atoms with E-state index in [1.807, 2.05) is 7.05 Å². The Balaban J connectivity index is 1.74. The number of aliphatic hydroxyl groups is 1. The van der Waals surface area contributed by atoms with Gasteiger partial charge in [0.15, 0.2) is 0 Å². The average molecular weight is 254 g/mol. The second kappa shape index (κ2) is 5.89. The molecule has 2 aliphatic carbocycles. The zero-order valence-corrected chi connectivity index (χ0v) is 12.3.